The first-order valence-corrected chi connectivity index (χ1v) is 8.34. The molecule has 1 amide bonds. The molecule has 2 N–H and O–H groups in total. The maximum absolute atomic E-state index is 12.8. The van der Waals surface area contributed by atoms with Crippen LogP contribution in [0.25, 0.3) is 0 Å². The van der Waals surface area contributed by atoms with Crippen molar-refractivity contribution in [2.24, 2.45) is 0 Å². The van der Waals surface area contributed by atoms with Crippen LogP contribution in [0.5, 0.6) is 0 Å². The molecule has 0 aliphatic heterocycles. The number of rotatable bonds is 5. The molecule has 0 heterocycles. The van der Waals surface area contributed by atoms with Crippen molar-refractivity contribution in [3.63, 3.8) is 0 Å². The molecule has 5 nitrogen and oxygen atoms in total. The Morgan fingerprint density at radius 3 is 2.36 bits per heavy atom. The van der Waals surface area contributed by atoms with E-state index in [4.69, 9.17) is 0 Å². The monoisotopic (exact) mass is 322 g/mol. The molecule has 0 saturated heterocycles. The molecule has 0 bridgehead atoms. The van der Waals surface area contributed by atoms with Crippen LogP contribution >= 0.6 is 0 Å². The van der Waals surface area contributed by atoms with Crippen molar-refractivity contribution in [1.29, 1.82) is 0 Å². The Hall–Kier alpha value is -2.41. The summed E-state index contributed by atoms with van der Waals surface area (Å²) in [6.07, 6.45) is 1.06. The highest BCUT2D eigenvalue weighted by atomic mass is 32.2. The lowest BCUT2D eigenvalue weighted by Crippen LogP contribution is -2.23. The van der Waals surface area contributed by atoms with E-state index in [1.807, 2.05) is 0 Å². The smallest absolute Gasteiger partial charge is 0.251 e. The minimum atomic E-state index is -3.40. The van der Waals surface area contributed by atoms with E-state index in [0.29, 0.717) is 16.8 Å². The molecular formula is C15H15FN2O3S. The summed E-state index contributed by atoms with van der Waals surface area (Å²) in [5, 5.41) is 2.66. The maximum Gasteiger partial charge on any atom is 0.251 e. The predicted molar refractivity (Wildman–Crippen MR) is 82.5 cm³/mol. The zero-order valence-electron chi connectivity index (χ0n) is 11.8. The summed E-state index contributed by atoms with van der Waals surface area (Å²) >= 11 is 0. The Morgan fingerprint density at radius 1 is 1.09 bits per heavy atom. The lowest BCUT2D eigenvalue weighted by Gasteiger charge is -2.11. The third kappa shape index (κ3) is 4.56. The van der Waals surface area contributed by atoms with Crippen molar-refractivity contribution in [1.82, 2.24) is 5.32 Å². The number of para-hydroxylation sites is 1. The second kappa shape index (κ2) is 6.57. The van der Waals surface area contributed by atoms with Crippen molar-refractivity contribution >= 4 is 21.6 Å². The van der Waals surface area contributed by atoms with Gasteiger partial charge < -0.3 is 5.32 Å². The van der Waals surface area contributed by atoms with Crippen LogP contribution in [0.15, 0.2) is 48.5 Å². The summed E-state index contributed by atoms with van der Waals surface area (Å²) in [5.41, 5.74) is 1.36. The summed E-state index contributed by atoms with van der Waals surface area (Å²) in [6, 6.07) is 11.9. The molecule has 2 aromatic rings. The average Bonchev–Trinajstić information content (AvgIpc) is 2.45. The Morgan fingerprint density at radius 2 is 1.73 bits per heavy atom. The number of nitrogens with one attached hydrogen (secondary N) is 2. The summed E-state index contributed by atoms with van der Waals surface area (Å²) in [6.45, 7) is 0.148. The minimum absolute atomic E-state index is 0.148. The summed E-state index contributed by atoms with van der Waals surface area (Å²) in [5.74, 6) is -0.784. The first-order chi connectivity index (χ1) is 10.3. The fourth-order valence-corrected chi connectivity index (χ4v) is 2.45. The first kappa shape index (κ1) is 16.0. The highest BCUT2D eigenvalue weighted by Gasteiger charge is 2.09. The van der Waals surface area contributed by atoms with Crippen LogP contribution in [0.3, 0.4) is 0 Å². The quantitative estimate of drug-likeness (QED) is 0.885. The Kier molecular flexibility index (Phi) is 4.77. The number of carbonyl (C=O) groups is 1. The molecule has 0 radical (unpaired) electrons. The standard InChI is InChI=1S/C15H15FN2O3S/c1-22(20,21)18-14-5-3-2-4-12(14)10-17-15(19)11-6-8-13(16)9-7-11/h2-9,18H,10H2,1H3,(H,17,19). The van der Waals surface area contributed by atoms with E-state index < -0.39 is 15.8 Å². The van der Waals surface area contributed by atoms with Gasteiger partial charge in [0.05, 0.1) is 11.9 Å². The van der Waals surface area contributed by atoms with Crippen molar-refractivity contribution in [3.8, 4) is 0 Å². The molecule has 0 spiro atoms. The molecule has 7 heteroatoms. The van der Waals surface area contributed by atoms with Crippen LogP contribution in [0.2, 0.25) is 0 Å². The van der Waals surface area contributed by atoms with Crippen molar-refractivity contribution < 1.29 is 17.6 Å². The highest BCUT2D eigenvalue weighted by Crippen LogP contribution is 2.16. The van der Waals surface area contributed by atoms with Gasteiger partial charge in [0.15, 0.2) is 0 Å². The van der Waals surface area contributed by atoms with Gasteiger partial charge in [-0.3, -0.25) is 9.52 Å². The van der Waals surface area contributed by atoms with E-state index in [9.17, 15) is 17.6 Å². The van der Waals surface area contributed by atoms with Crippen LogP contribution < -0.4 is 10.0 Å². The molecule has 0 aliphatic carbocycles. The number of amides is 1. The van der Waals surface area contributed by atoms with Gasteiger partial charge in [-0.1, -0.05) is 18.2 Å². The molecule has 0 fully saturated rings. The van der Waals surface area contributed by atoms with E-state index in [1.54, 1.807) is 24.3 Å². The SMILES string of the molecule is CS(=O)(=O)Nc1ccccc1CNC(=O)c1ccc(F)cc1. The highest BCUT2D eigenvalue weighted by molar-refractivity contribution is 7.92. The van der Waals surface area contributed by atoms with Gasteiger partial charge in [-0.25, -0.2) is 12.8 Å². The van der Waals surface area contributed by atoms with E-state index in [0.717, 1.165) is 6.26 Å². The third-order valence-corrected chi connectivity index (χ3v) is 3.45. The largest absolute Gasteiger partial charge is 0.348 e. The Bertz CT molecular complexity index is 774. The lowest BCUT2D eigenvalue weighted by molar-refractivity contribution is 0.0951. The molecular weight excluding hydrogens is 307 g/mol. The maximum atomic E-state index is 12.8. The number of halogens is 1. The van der Waals surface area contributed by atoms with Gasteiger partial charge in [-0.15, -0.1) is 0 Å². The molecule has 0 aromatic heterocycles. The number of benzene rings is 2. The number of hydrogen-bond donors (Lipinski definition) is 2. The zero-order valence-corrected chi connectivity index (χ0v) is 12.7. The van der Waals surface area contributed by atoms with E-state index in [-0.39, 0.29) is 12.5 Å². The Balaban J connectivity index is 2.08. The topological polar surface area (TPSA) is 75.3 Å². The van der Waals surface area contributed by atoms with Crippen LogP contribution in [-0.2, 0) is 16.6 Å². The van der Waals surface area contributed by atoms with Crippen LogP contribution in [0.1, 0.15) is 15.9 Å². The van der Waals surface area contributed by atoms with Gasteiger partial charge in [0.2, 0.25) is 10.0 Å². The van der Waals surface area contributed by atoms with E-state index in [1.165, 1.54) is 24.3 Å². The van der Waals surface area contributed by atoms with Crippen LogP contribution in [0, 0.1) is 5.82 Å². The van der Waals surface area contributed by atoms with Gasteiger partial charge in [-0.2, -0.15) is 0 Å². The average molecular weight is 322 g/mol. The van der Waals surface area contributed by atoms with Gasteiger partial charge in [-0.05, 0) is 35.9 Å². The van der Waals surface area contributed by atoms with Gasteiger partial charge in [0.25, 0.3) is 5.91 Å². The van der Waals surface area contributed by atoms with Gasteiger partial charge in [0.1, 0.15) is 5.82 Å². The molecule has 116 valence electrons. The number of anilines is 1. The fraction of sp³-hybridized carbons (Fsp3) is 0.133. The zero-order chi connectivity index (χ0) is 16.2. The van der Waals surface area contributed by atoms with Crippen molar-refractivity contribution in [3.05, 3.63) is 65.5 Å². The van der Waals surface area contributed by atoms with Gasteiger partial charge in [0, 0.05) is 12.1 Å². The van der Waals surface area contributed by atoms with Crippen molar-refractivity contribution in [2.75, 3.05) is 11.0 Å². The molecule has 0 saturated carbocycles. The molecule has 2 rings (SSSR count). The molecule has 22 heavy (non-hydrogen) atoms. The third-order valence-electron chi connectivity index (χ3n) is 2.86. The summed E-state index contributed by atoms with van der Waals surface area (Å²) in [4.78, 5) is 12.0. The van der Waals surface area contributed by atoms with Crippen molar-refractivity contribution in [2.45, 2.75) is 6.54 Å². The minimum Gasteiger partial charge on any atom is -0.348 e. The van der Waals surface area contributed by atoms with E-state index in [2.05, 4.69) is 10.0 Å². The second-order valence-electron chi connectivity index (χ2n) is 4.72. The summed E-state index contributed by atoms with van der Waals surface area (Å²) < 4.78 is 37.8. The molecule has 0 atom stereocenters. The van der Waals surface area contributed by atoms with Gasteiger partial charge >= 0.3 is 0 Å². The van der Waals surface area contributed by atoms with Crippen LogP contribution in [-0.4, -0.2) is 20.6 Å². The van der Waals surface area contributed by atoms with E-state index >= 15 is 0 Å². The number of hydrogen-bond acceptors (Lipinski definition) is 3. The van der Waals surface area contributed by atoms with Crippen LogP contribution in [0.4, 0.5) is 10.1 Å². The lowest BCUT2D eigenvalue weighted by atomic mass is 10.1. The molecule has 2 aromatic carbocycles. The normalized spacial score (nSPS) is 11.0. The fourth-order valence-electron chi connectivity index (χ4n) is 1.85. The first-order valence-electron chi connectivity index (χ1n) is 6.44. The second-order valence-corrected chi connectivity index (χ2v) is 6.47. The summed E-state index contributed by atoms with van der Waals surface area (Å²) in [7, 11) is -3.40. The predicted octanol–water partition coefficient (Wildman–Crippen LogP) is 2.13. The molecule has 0 aliphatic rings. The Labute approximate surface area is 128 Å². The number of sulfonamides is 1. The molecule has 0 unspecified atom stereocenters. The number of carbonyl (C=O) groups excluding carboxylic acids is 1.